The van der Waals surface area contributed by atoms with E-state index in [9.17, 15) is 9.59 Å². The van der Waals surface area contributed by atoms with Crippen LogP contribution in [0.4, 0.5) is 5.69 Å². The van der Waals surface area contributed by atoms with E-state index < -0.39 is 0 Å². The van der Waals surface area contributed by atoms with Crippen LogP contribution in [-0.4, -0.2) is 15.9 Å². The van der Waals surface area contributed by atoms with Gasteiger partial charge in [-0.2, -0.15) is 0 Å². The number of aromatic nitrogens is 2. The van der Waals surface area contributed by atoms with Crippen molar-refractivity contribution in [1.29, 1.82) is 0 Å². The number of benzene rings is 2. The Hall–Kier alpha value is -2.99. The molecule has 0 spiro atoms. The zero-order chi connectivity index (χ0) is 16.7. The Balaban J connectivity index is 1.67. The predicted molar refractivity (Wildman–Crippen MR) is 96.9 cm³/mol. The molecular weight excluding hydrogens is 322 g/mol. The minimum Gasteiger partial charge on any atom is -0.322 e. The van der Waals surface area contributed by atoms with E-state index in [1.807, 2.05) is 31.2 Å². The Labute approximate surface area is 141 Å². The molecule has 0 radical (unpaired) electrons. The SMILES string of the molecule is Cc1cc(=O)[nH]c2cc(NC(=O)c3ccc4ncsc4c3)ccc12. The minimum absolute atomic E-state index is 0.154. The van der Waals surface area contributed by atoms with Crippen molar-refractivity contribution in [3.63, 3.8) is 0 Å². The van der Waals surface area contributed by atoms with Gasteiger partial charge >= 0.3 is 0 Å². The monoisotopic (exact) mass is 335 g/mol. The number of anilines is 1. The molecule has 0 atom stereocenters. The van der Waals surface area contributed by atoms with E-state index in [1.165, 1.54) is 11.3 Å². The van der Waals surface area contributed by atoms with Crippen molar-refractivity contribution in [3.8, 4) is 0 Å². The van der Waals surface area contributed by atoms with Crippen LogP contribution in [0.25, 0.3) is 21.1 Å². The molecule has 0 aliphatic heterocycles. The van der Waals surface area contributed by atoms with Gasteiger partial charge in [0.25, 0.3) is 5.91 Å². The fourth-order valence-corrected chi connectivity index (χ4v) is 3.43. The number of thiazole rings is 1. The van der Waals surface area contributed by atoms with Crippen molar-refractivity contribution in [2.24, 2.45) is 0 Å². The molecule has 0 fully saturated rings. The highest BCUT2D eigenvalue weighted by Gasteiger charge is 2.09. The molecule has 0 aliphatic rings. The van der Waals surface area contributed by atoms with Gasteiger partial charge in [-0.1, -0.05) is 6.07 Å². The van der Waals surface area contributed by atoms with Crippen molar-refractivity contribution in [1.82, 2.24) is 9.97 Å². The van der Waals surface area contributed by atoms with E-state index in [2.05, 4.69) is 15.3 Å². The largest absolute Gasteiger partial charge is 0.322 e. The lowest BCUT2D eigenvalue weighted by molar-refractivity contribution is 0.102. The maximum Gasteiger partial charge on any atom is 0.255 e. The summed E-state index contributed by atoms with van der Waals surface area (Å²) in [5, 5.41) is 3.83. The van der Waals surface area contributed by atoms with Gasteiger partial charge in [-0.25, -0.2) is 4.98 Å². The first-order valence-electron chi connectivity index (χ1n) is 7.38. The second-order valence-corrected chi connectivity index (χ2v) is 6.45. The number of aromatic amines is 1. The highest BCUT2D eigenvalue weighted by molar-refractivity contribution is 7.16. The van der Waals surface area contributed by atoms with Gasteiger partial charge in [0.2, 0.25) is 5.56 Å². The lowest BCUT2D eigenvalue weighted by Crippen LogP contribution is -2.12. The maximum atomic E-state index is 12.5. The number of aryl methyl sites for hydroxylation is 1. The summed E-state index contributed by atoms with van der Waals surface area (Å²) in [6.45, 7) is 1.89. The number of nitrogens with one attached hydrogen (secondary N) is 2. The number of nitrogens with zero attached hydrogens (tertiary/aromatic N) is 1. The summed E-state index contributed by atoms with van der Waals surface area (Å²) in [5.41, 5.74) is 5.31. The third-order valence-corrected chi connectivity index (χ3v) is 4.69. The van der Waals surface area contributed by atoms with E-state index in [0.717, 1.165) is 21.2 Å². The molecule has 0 saturated carbocycles. The number of H-pyrrole nitrogens is 1. The van der Waals surface area contributed by atoms with Gasteiger partial charge in [0.15, 0.2) is 0 Å². The molecule has 2 aromatic carbocycles. The molecule has 4 rings (SSSR count). The summed E-state index contributed by atoms with van der Waals surface area (Å²) in [5.74, 6) is -0.195. The van der Waals surface area contributed by atoms with Gasteiger partial charge in [0, 0.05) is 22.7 Å². The first-order valence-corrected chi connectivity index (χ1v) is 8.26. The summed E-state index contributed by atoms with van der Waals surface area (Å²) in [6.07, 6.45) is 0. The van der Waals surface area contributed by atoms with Crippen molar-refractivity contribution in [2.45, 2.75) is 6.92 Å². The molecule has 0 unspecified atom stereocenters. The number of carbonyl (C=O) groups excluding carboxylic acids is 1. The lowest BCUT2D eigenvalue weighted by Gasteiger charge is -2.08. The van der Waals surface area contributed by atoms with Crippen LogP contribution in [0.5, 0.6) is 0 Å². The second kappa shape index (κ2) is 5.58. The van der Waals surface area contributed by atoms with Gasteiger partial charge < -0.3 is 10.3 Å². The van der Waals surface area contributed by atoms with Gasteiger partial charge in [-0.05, 0) is 42.8 Å². The average Bonchev–Trinajstić information content (AvgIpc) is 3.01. The lowest BCUT2D eigenvalue weighted by atomic mass is 10.1. The van der Waals surface area contributed by atoms with E-state index >= 15 is 0 Å². The van der Waals surface area contributed by atoms with Crippen LogP contribution in [0, 0.1) is 6.92 Å². The fraction of sp³-hybridized carbons (Fsp3) is 0.0556. The van der Waals surface area contributed by atoms with E-state index in [-0.39, 0.29) is 11.5 Å². The summed E-state index contributed by atoms with van der Waals surface area (Å²) >= 11 is 1.50. The van der Waals surface area contributed by atoms with Crippen LogP contribution in [0.2, 0.25) is 0 Å². The standard InChI is InChI=1S/C18H13N3O2S/c1-10-6-17(22)21-15-8-12(3-4-13(10)15)20-18(23)11-2-5-14-16(7-11)24-9-19-14/h2-9H,1H3,(H,20,23)(H,21,22). The van der Waals surface area contributed by atoms with Gasteiger partial charge in [-0.3, -0.25) is 9.59 Å². The van der Waals surface area contributed by atoms with Crippen molar-refractivity contribution >= 4 is 44.1 Å². The molecule has 1 amide bonds. The second-order valence-electron chi connectivity index (χ2n) is 5.57. The number of hydrogen-bond donors (Lipinski definition) is 2. The van der Waals surface area contributed by atoms with Crippen molar-refractivity contribution < 1.29 is 4.79 Å². The van der Waals surface area contributed by atoms with Crippen LogP contribution < -0.4 is 10.9 Å². The van der Waals surface area contributed by atoms with E-state index in [0.29, 0.717) is 16.8 Å². The summed E-state index contributed by atoms with van der Waals surface area (Å²) in [7, 11) is 0. The van der Waals surface area contributed by atoms with Crippen molar-refractivity contribution in [2.75, 3.05) is 5.32 Å². The Kier molecular flexibility index (Phi) is 3.39. The molecule has 0 aliphatic carbocycles. The van der Waals surface area contributed by atoms with Crippen molar-refractivity contribution in [3.05, 3.63) is 69.5 Å². The highest BCUT2D eigenvalue weighted by atomic mass is 32.1. The topological polar surface area (TPSA) is 74.8 Å². The fourth-order valence-electron chi connectivity index (χ4n) is 2.71. The summed E-state index contributed by atoms with van der Waals surface area (Å²) < 4.78 is 0.973. The number of hydrogen-bond acceptors (Lipinski definition) is 4. The number of pyridine rings is 1. The Bertz CT molecular complexity index is 1140. The summed E-state index contributed by atoms with van der Waals surface area (Å²) in [6, 6.07) is 12.5. The quantitative estimate of drug-likeness (QED) is 0.586. The molecule has 118 valence electrons. The average molecular weight is 335 g/mol. The van der Waals surface area contributed by atoms with Crippen LogP contribution in [0.3, 0.4) is 0 Å². The van der Waals surface area contributed by atoms with Gasteiger partial charge in [0.05, 0.1) is 21.2 Å². The van der Waals surface area contributed by atoms with Gasteiger partial charge in [-0.15, -0.1) is 11.3 Å². The molecule has 5 nitrogen and oxygen atoms in total. The Morgan fingerprint density at radius 2 is 2.04 bits per heavy atom. The number of carbonyl (C=O) groups is 1. The van der Waals surface area contributed by atoms with Crippen LogP contribution in [0.15, 0.2) is 52.8 Å². The first-order chi connectivity index (χ1) is 11.6. The molecule has 2 N–H and O–H groups in total. The van der Waals surface area contributed by atoms with E-state index in [4.69, 9.17) is 0 Å². The molecule has 2 heterocycles. The third kappa shape index (κ3) is 2.57. The third-order valence-electron chi connectivity index (χ3n) is 3.90. The molecule has 6 heteroatoms. The molecular formula is C18H13N3O2S. The van der Waals surface area contributed by atoms with Crippen LogP contribution in [0.1, 0.15) is 15.9 Å². The van der Waals surface area contributed by atoms with Crippen LogP contribution in [-0.2, 0) is 0 Å². The first kappa shape index (κ1) is 14.6. The smallest absolute Gasteiger partial charge is 0.255 e. The molecule has 2 aromatic heterocycles. The number of amides is 1. The maximum absolute atomic E-state index is 12.5. The normalized spacial score (nSPS) is 11.0. The minimum atomic E-state index is -0.195. The number of rotatable bonds is 2. The molecule has 4 aromatic rings. The zero-order valence-corrected chi connectivity index (χ0v) is 13.6. The predicted octanol–water partition coefficient (Wildman–Crippen LogP) is 3.70. The zero-order valence-electron chi connectivity index (χ0n) is 12.8. The van der Waals surface area contributed by atoms with E-state index in [1.54, 1.807) is 23.7 Å². The molecule has 24 heavy (non-hydrogen) atoms. The Morgan fingerprint density at radius 3 is 2.92 bits per heavy atom. The van der Waals surface area contributed by atoms with Gasteiger partial charge in [0.1, 0.15) is 0 Å². The number of fused-ring (bicyclic) bond motifs is 2. The summed E-state index contributed by atoms with van der Waals surface area (Å²) in [4.78, 5) is 31.1. The van der Waals surface area contributed by atoms with Crippen LogP contribution >= 0.6 is 11.3 Å². The molecule has 0 saturated heterocycles. The Morgan fingerprint density at radius 1 is 1.17 bits per heavy atom. The highest BCUT2D eigenvalue weighted by Crippen LogP contribution is 2.22. The molecule has 0 bridgehead atoms.